The summed E-state index contributed by atoms with van der Waals surface area (Å²) in [5.41, 5.74) is 3.52. The van der Waals surface area contributed by atoms with Gasteiger partial charge in [-0.15, -0.1) is 15.0 Å². The lowest BCUT2D eigenvalue weighted by molar-refractivity contribution is 0.414. The lowest BCUT2D eigenvalue weighted by Gasteiger charge is -2.36. The third-order valence-corrected chi connectivity index (χ3v) is 4.96. The molecule has 2 heterocycles. The first kappa shape index (κ1) is 17.9. The SMILES string of the molecule is COc1cccc(N2CCN(c3nn(-c4ccc(C)cc4)nc3C#N)CC2)c1. The Bertz CT molecular complexity index is 996. The average Bonchev–Trinajstić information content (AvgIpc) is 3.19. The Morgan fingerprint density at radius 3 is 2.32 bits per heavy atom. The van der Waals surface area contributed by atoms with E-state index in [0.717, 1.165) is 43.3 Å². The minimum Gasteiger partial charge on any atom is -0.497 e. The molecule has 3 aromatic rings. The van der Waals surface area contributed by atoms with Crippen LogP contribution in [0.4, 0.5) is 11.5 Å². The van der Waals surface area contributed by atoms with Crippen molar-refractivity contribution in [3.8, 4) is 17.5 Å². The first-order valence-electron chi connectivity index (χ1n) is 9.26. The first-order chi connectivity index (χ1) is 13.7. The number of methoxy groups -OCH3 is 1. The number of benzene rings is 2. The Morgan fingerprint density at radius 1 is 0.929 bits per heavy atom. The summed E-state index contributed by atoms with van der Waals surface area (Å²) in [4.78, 5) is 5.99. The minimum absolute atomic E-state index is 0.357. The molecule has 0 spiro atoms. The van der Waals surface area contributed by atoms with Crippen molar-refractivity contribution < 1.29 is 4.74 Å². The molecule has 0 amide bonds. The highest BCUT2D eigenvalue weighted by Gasteiger charge is 2.23. The van der Waals surface area contributed by atoms with Gasteiger partial charge in [0.15, 0.2) is 5.82 Å². The van der Waals surface area contributed by atoms with Gasteiger partial charge in [-0.05, 0) is 31.2 Å². The molecule has 0 atom stereocenters. The van der Waals surface area contributed by atoms with E-state index in [1.807, 2.05) is 49.4 Å². The number of nitriles is 1. The van der Waals surface area contributed by atoms with Crippen molar-refractivity contribution in [2.75, 3.05) is 43.1 Å². The normalized spacial score (nSPS) is 14.0. The summed E-state index contributed by atoms with van der Waals surface area (Å²) in [5.74, 6) is 1.50. The molecule has 1 aliphatic heterocycles. The van der Waals surface area contributed by atoms with Gasteiger partial charge in [-0.25, -0.2) is 0 Å². The smallest absolute Gasteiger partial charge is 0.207 e. The largest absolute Gasteiger partial charge is 0.497 e. The molecule has 0 saturated carbocycles. The van der Waals surface area contributed by atoms with Gasteiger partial charge >= 0.3 is 0 Å². The summed E-state index contributed by atoms with van der Waals surface area (Å²) in [6.45, 7) is 5.27. The maximum atomic E-state index is 9.52. The lowest BCUT2D eigenvalue weighted by atomic mass is 10.2. The Morgan fingerprint density at radius 2 is 1.64 bits per heavy atom. The van der Waals surface area contributed by atoms with E-state index in [1.54, 1.807) is 11.9 Å². The number of hydrogen-bond acceptors (Lipinski definition) is 6. The van der Waals surface area contributed by atoms with Gasteiger partial charge in [0.1, 0.15) is 11.8 Å². The minimum atomic E-state index is 0.357. The van der Waals surface area contributed by atoms with Crippen LogP contribution in [0.2, 0.25) is 0 Å². The number of rotatable bonds is 4. The van der Waals surface area contributed by atoms with Crippen LogP contribution in [0.5, 0.6) is 5.75 Å². The Balaban J connectivity index is 1.51. The number of aryl methyl sites for hydroxylation is 1. The summed E-state index contributed by atoms with van der Waals surface area (Å²) in [6.07, 6.45) is 0. The fourth-order valence-corrected chi connectivity index (χ4v) is 3.36. The summed E-state index contributed by atoms with van der Waals surface area (Å²) in [6, 6.07) is 18.2. The molecule has 7 nitrogen and oxygen atoms in total. The van der Waals surface area contributed by atoms with E-state index < -0.39 is 0 Å². The third-order valence-electron chi connectivity index (χ3n) is 4.96. The molecule has 1 saturated heterocycles. The third kappa shape index (κ3) is 3.49. The van der Waals surface area contributed by atoms with Crippen molar-refractivity contribution in [2.45, 2.75) is 6.92 Å². The standard InChI is InChI=1S/C21H22N6O/c1-16-6-8-17(9-7-16)27-23-20(15-22)21(24-27)26-12-10-25(11-13-26)18-4-3-5-19(14-18)28-2/h3-9,14H,10-13H2,1-2H3. The van der Waals surface area contributed by atoms with Gasteiger partial charge in [0.05, 0.1) is 12.8 Å². The van der Waals surface area contributed by atoms with E-state index in [2.05, 4.69) is 32.1 Å². The second kappa shape index (κ2) is 7.61. The van der Waals surface area contributed by atoms with Crippen molar-refractivity contribution in [3.05, 3.63) is 59.8 Å². The lowest BCUT2D eigenvalue weighted by Crippen LogP contribution is -2.47. The molecule has 1 aliphatic rings. The molecule has 0 N–H and O–H groups in total. The van der Waals surface area contributed by atoms with Gasteiger partial charge in [-0.2, -0.15) is 5.26 Å². The van der Waals surface area contributed by atoms with Gasteiger partial charge in [0, 0.05) is 37.9 Å². The molecule has 0 unspecified atom stereocenters. The van der Waals surface area contributed by atoms with Gasteiger partial charge in [-0.3, -0.25) is 0 Å². The van der Waals surface area contributed by atoms with E-state index in [9.17, 15) is 5.26 Å². The van der Waals surface area contributed by atoms with Crippen molar-refractivity contribution in [2.24, 2.45) is 0 Å². The quantitative estimate of drug-likeness (QED) is 0.699. The number of anilines is 2. The van der Waals surface area contributed by atoms with Gasteiger partial charge in [0.2, 0.25) is 5.69 Å². The zero-order valence-corrected chi connectivity index (χ0v) is 16.0. The summed E-state index contributed by atoms with van der Waals surface area (Å²) in [7, 11) is 1.68. The predicted molar refractivity (Wildman–Crippen MR) is 108 cm³/mol. The molecule has 0 radical (unpaired) electrons. The van der Waals surface area contributed by atoms with Crippen molar-refractivity contribution in [1.82, 2.24) is 15.0 Å². The van der Waals surface area contributed by atoms with Crippen LogP contribution in [0.1, 0.15) is 11.3 Å². The molecule has 142 valence electrons. The summed E-state index contributed by atoms with van der Waals surface area (Å²) < 4.78 is 5.32. The molecule has 28 heavy (non-hydrogen) atoms. The highest BCUT2D eigenvalue weighted by Crippen LogP contribution is 2.24. The van der Waals surface area contributed by atoms with Crippen LogP contribution in [0.3, 0.4) is 0 Å². The van der Waals surface area contributed by atoms with Crippen LogP contribution in [0.25, 0.3) is 5.69 Å². The molecule has 1 aromatic heterocycles. The van der Waals surface area contributed by atoms with Crippen LogP contribution in [0, 0.1) is 18.3 Å². The van der Waals surface area contributed by atoms with Crippen LogP contribution in [-0.4, -0.2) is 48.3 Å². The van der Waals surface area contributed by atoms with E-state index in [1.165, 1.54) is 5.56 Å². The van der Waals surface area contributed by atoms with Crippen LogP contribution in [0.15, 0.2) is 48.5 Å². The fourth-order valence-electron chi connectivity index (χ4n) is 3.36. The van der Waals surface area contributed by atoms with Gasteiger partial charge < -0.3 is 14.5 Å². The Hall–Kier alpha value is -3.53. The van der Waals surface area contributed by atoms with E-state index in [4.69, 9.17) is 4.74 Å². The number of ether oxygens (including phenoxy) is 1. The number of hydrogen-bond donors (Lipinski definition) is 0. The maximum absolute atomic E-state index is 9.52. The maximum Gasteiger partial charge on any atom is 0.207 e. The monoisotopic (exact) mass is 374 g/mol. The summed E-state index contributed by atoms with van der Waals surface area (Å²) >= 11 is 0. The van der Waals surface area contributed by atoms with Crippen molar-refractivity contribution in [1.29, 1.82) is 5.26 Å². The van der Waals surface area contributed by atoms with Crippen LogP contribution >= 0.6 is 0 Å². The molecular weight excluding hydrogens is 352 g/mol. The Kier molecular flexibility index (Phi) is 4.85. The molecule has 7 heteroatoms. The highest BCUT2D eigenvalue weighted by molar-refractivity contribution is 5.55. The highest BCUT2D eigenvalue weighted by atomic mass is 16.5. The van der Waals surface area contributed by atoms with E-state index in [0.29, 0.717) is 11.5 Å². The number of piperazine rings is 1. The fraction of sp³-hybridized carbons (Fsp3) is 0.286. The van der Waals surface area contributed by atoms with Gasteiger partial charge in [-0.1, -0.05) is 23.8 Å². The number of aromatic nitrogens is 3. The second-order valence-corrected chi connectivity index (χ2v) is 6.78. The zero-order chi connectivity index (χ0) is 19.5. The van der Waals surface area contributed by atoms with Crippen molar-refractivity contribution in [3.63, 3.8) is 0 Å². The Labute approximate surface area is 164 Å². The van der Waals surface area contributed by atoms with Crippen LogP contribution in [-0.2, 0) is 0 Å². The summed E-state index contributed by atoms with van der Waals surface area (Å²) in [5, 5.41) is 18.5. The number of nitrogens with zero attached hydrogens (tertiary/aromatic N) is 6. The predicted octanol–water partition coefficient (Wildman–Crippen LogP) is 2.78. The molecular formula is C21H22N6O. The van der Waals surface area contributed by atoms with Crippen molar-refractivity contribution >= 4 is 11.5 Å². The van der Waals surface area contributed by atoms with Gasteiger partial charge in [0.25, 0.3) is 0 Å². The second-order valence-electron chi connectivity index (χ2n) is 6.78. The first-order valence-corrected chi connectivity index (χ1v) is 9.26. The molecule has 2 aromatic carbocycles. The molecule has 0 bridgehead atoms. The van der Waals surface area contributed by atoms with Crippen LogP contribution < -0.4 is 14.5 Å². The zero-order valence-electron chi connectivity index (χ0n) is 16.0. The molecule has 1 fully saturated rings. The average molecular weight is 374 g/mol. The molecule has 0 aliphatic carbocycles. The molecule has 4 rings (SSSR count). The van der Waals surface area contributed by atoms with E-state index >= 15 is 0 Å². The van der Waals surface area contributed by atoms with E-state index in [-0.39, 0.29) is 0 Å². The topological polar surface area (TPSA) is 70.2 Å².